The van der Waals surface area contributed by atoms with Crippen molar-refractivity contribution >= 4 is 11.6 Å². The molecule has 128 valence electrons. The minimum Gasteiger partial charge on any atom is -0.484 e. The van der Waals surface area contributed by atoms with Crippen LogP contribution in [0, 0.1) is 6.92 Å². The standard InChI is InChI=1S/C18H19N5O2/c1-3-14-4-7-16(8-5-14)25-11-18(24)20-15-6-9-17(13(2)10-15)23-12-19-21-22-23/h4-10,12H,3,11H2,1-2H3,(H,20,24). The van der Waals surface area contributed by atoms with Gasteiger partial charge in [-0.05, 0) is 65.2 Å². The molecule has 1 heterocycles. The topological polar surface area (TPSA) is 81.9 Å². The van der Waals surface area contributed by atoms with E-state index in [1.165, 1.54) is 11.9 Å². The molecule has 7 nitrogen and oxygen atoms in total. The second-order valence-corrected chi connectivity index (χ2v) is 5.59. The summed E-state index contributed by atoms with van der Waals surface area (Å²) in [6.45, 7) is 3.98. The van der Waals surface area contributed by atoms with Gasteiger partial charge in [0.2, 0.25) is 0 Å². The van der Waals surface area contributed by atoms with Gasteiger partial charge in [0.25, 0.3) is 5.91 Å². The van der Waals surface area contributed by atoms with Gasteiger partial charge in [0.05, 0.1) is 5.69 Å². The van der Waals surface area contributed by atoms with Crippen LogP contribution in [0.3, 0.4) is 0 Å². The first-order valence-electron chi connectivity index (χ1n) is 8.01. The molecule has 0 saturated carbocycles. The summed E-state index contributed by atoms with van der Waals surface area (Å²) in [5.74, 6) is 0.465. The molecule has 25 heavy (non-hydrogen) atoms. The van der Waals surface area contributed by atoms with Crippen LogP contribution in [-0.2, 0) is 11.2 Å². The number of amides is 1. The van der Waals surface area contributed by atoms with Crippen molar-refractivity contribution in [2.24, 2.45) is 0 Å². The summed E-state index contributed by atoms with van der Waals surface area (Å²) in [7, 11) is 0. The molecule has 7 heteroatoms. The summed E-state index contributed by atoms with van der Waals surface area (Å²) in [6, 6.07) is 13.3. The highest BCUT2D eigenvalue weighted by molar-refractivity contribution is 5.92. The molecule has 0 unspecified atom stereocenters. The third-order valence-corrected chi connectivity index (χ3v) is 3.78. The molecule has 3 aromatic rings. The van der Waals surface area contributed by atoms with Crippen molar-refractivity contribution in [3.63, 3.8) is 0 Å². The maximum absolute atomic E-state index is 12.1. The quantitative estimate of drug-likeness (QED) is 0.747. The van der Waals surface area contributed by atoms with Crippen LogP contribution in [0.25, 0.3) is 5.69 Å². The van der Waals surface area contributed by atoms with Crippen LogP contribution >= 0.6 is 0 Å². The van der Waals surface area contributed by atoms with E-state index in [0.29, 0.717) is 11.4 Å². The Morgan fingerprint density at radius 2 is 2.00 bits per heavy atom. The van der Waals surface area contributed by atoms with Gasteiger partial charge in [-0.1, -0.05) is 19.1 Å². The summed E-state index contributed by atoms with van der Waals surface area (Å²) < 4.78 is 7.08. The molecule has 0 atom stereocenters. The maximum atomic E-state index is 12.1. The van der Waals surface area contributed by atoms with Crippen LogP contribution in [0.5, 0.6) is 5.75 Å². The molecule has 0 aliphatic heterocycles. The van der Waals surface area contributed by atoms with Crippen LogP contribution in [0.2, 0.25) is 0 Å². The normalized spacial score (nSPS) is 10.5. The van der Waals surface area contributed by atoms with Gasteiger partial charge in [0.15, 0.2) is 6.61 Å². The molecular weight excluding hydrogens is 318 g/mol. The monoisotopic (exact) mass is 337 g/mol. The number of ether oxygens (including phenoxy) is 1. The van der Waals surface area contributed by atoms with Gasteiger partial charge in [-0.25, -0.2) is 4.68 Å². The zero-order valence-corrected chi connectivity index (χ0v) is 14.1. The number of aryl methyl sites for hydroxylation is 2. The summed E-state index contributed by atoms with van der Waals surface area (Å²) in [5, 5.41) is 13.9. The molecular formula is C18H19N5O2. The summed E-state index contributed by atoms with van der Waals surface area (Å²) in [4.78, 5) is 12.1. The molecule has 0 aliphatic rings. The van der Waals surface area contributed by atoms with Gasteiger partial charge >= 0.3 is 0 Å². The second kappa shape index (κ2) is 7.57. The third kappa shape index (κ3) is 4.20. The average Bonchev–Trinajstić information content (AvgIpc) is 3.15. The molecule has 0 spiro atoms. The Morgan fingerprint density at radius 1 is 1.20 bits per heavy atom. The third-order valence-electron chi connectivity index (χ3n) is 3.78. The fourth-order valence-corrected chi connectivity index (χ4v) is 2.43. The van der Waals surface area contributed by atoms with E-state index >= 15 is 0 Å². The minimum atomic E-state index is -0.214. The van der Waals surface area contributed by atoms with Crippen molar-refractivity contribution in [2.75, 3.05) is 11.9 Å². The Hall–Kier alpha value is -3.22. The highest BCUT2D eigenvalue weighted by Crippen LogP contribution is 2.18. The van der Waals surface area contributed by atoms with E-state index in [0.717, 1.165) is 17.7 Å². The molecule has 0 fully saturated rings. The number of tetrazole rings is 1. The number of nitrogens with zero attached hydrogens (tertiary/aromatic N) is 4. The molecule has 1 aromatic heterocycles. The number of benzene rings is 2. The van der Waals surface area contributed by atoms with Crippen LogP contribution in [-0.4, -0.2) is 32.7 Å². The predicted molar refractivity (Wildman–Crippen MR) is 93.8 cm³/mol. The van der Waals surface area contributed by atoms with E-state index in [1.807, 2.05) is 43.3 Å². The summed E-state index contributed by atoms with van der Waals surface area (Å²) >= 11 is 0. The number of aromatic nitrogens is 4. The Morgan fingerprint density at radius 3 is 2.64 bits per heavy atom. The highest BCUT2D eigenvalue weighted by Gasteiger charge is 2.07. The first-order chi connectivity index (χ1) is 12.2. The number of anilines is 1. The van der Waals surface area contributed by atoms with Crippen molar-refractivity contribution in [3.05, 3.63) is 59.9 Å². The van der Waals surface area contributed by atoms with E-state index < -0.39 is 0 Å². The Labute approximate surface area is 145 Å². The Bertz CT molecular complexity index is 844. The summed E-state index contributed by atoms with van der Waals surface area (Å²) in [5.41, 5.74) is 3.73. The first-order valence-corrected chi connectivity index (χ1v) is 8.01. The average molecular weight is 337 g/mol. The highest BCUT2D eigenvalue weighted by atomic mass is 16.5. The number of nitrogens with one attached hydrogen (secondary N) is 1. The van der Waals surface area contributed by atoms with E-state index in [4.69, 9.17) is 4.74 Å². The van der Waals surface area contributed by atoms with Crippen LogP contribution in [0.4, 0.5) is 5.69 Å². The van der Waals surface area contributed by atoms with Crippen molar-refractivity contribution < 1.29 is 9.53 Å². The summed E-state index contributed by atoms with van der Waals surface area (Å²) in [6.07, 6.45) is 2.50. The lowest BCUT2D eigenvalue weighted by atomic mass is 10.2. The van der Waals surface area contributed by atoms with Crippen LogP contribution < -0.4 is 10.1 Å². The van der Waals surface area contributed by atoms with Crippen molar-refractivity contribution in [1.82, 2.24) is 20.2 Å². The van der Waals surface area contributed by atoms with Gasteiger partial charge in [-0.2, -0.15) is 0 Å². The lowest BCUT2D eigenvalue weighted by Crippen LogP contribution is -2.20. The van der Waals surface area contributed by atoms with Crippen molar-refractivity contribution in [3.8, 4) is 11.4 Å². The van der Waals surface area contributed by atoms with Crippen molar-refractivity contribution in [2.45, 2.75) is 20.3 Å². The zero-order valence-electron chi connectivity index (χ0n) is 14.1. The van der Waals surface area contributed by atoms with Crippen LogP contribution in [0.1, 0.15) is 18.1 Å². The van der Waals surface area contributed by atoms with Crippen LogP contribution in [0.15, 0.2) is 48.8 Å². The van der Waals surface area contributed by atoms with Crippen molar-refractivity contribution in [1.29, 1.82) is 0 Å². The van der Waals surface area contributed by atoms with E-state index in [9.17, 15) is 4.79 Å². The Balaban J connectivity index is 1.58. The van der Waals surface area contributed by atoms with Gasteiger partial charge in [0, 0.05) is 5.69 Å². The predicted octanol–water partition coefficient (Wildman–Crippen LogP) is 2.55. The molecule has 1 amide bonds. The number of carbonyl (C=O) groups is 1. The SMILES string of the molecule is CCc1ccc(OCC(=O)Nc2ccc(-n3cnnn3)c(C)c2)cc1. The molecule has 0 radical (unpaired) electrons. The number of hydrogen-bond acceptors (Lipinski definition) is 5. The molecule has 1 N–H and O–H groups in total. The molecule has 0 saturated heterocycles. The molecule has 2 aromatic carbocycles. The second-order valence-electron chi connectivity index (χ2n) is 5.59. The minimum absolute atomic E-state index is 0.0424. The van der Waals surface area contributed by atoms with Gasteiger partial charge in [0.1, 0.15) is 12.1 Å². The van der Waals surface area contributed by atoms with Gasteiger partial charge < -0.3 is 10.1 Å². The van der Waals surface area contributed by atoms with E-state index in [1.54, 1.807) is 10.7 Å². The van der Waals surface area contributed by atoms with E-state index in [-0.39, 0.29) is 12.5 Å². The maximum Gasteiger partial charge on any atom is 0.262 e. The fourth-order valence-electron chi connectivity index (χ4n) is 2.43. The number of carbonyl (C=O) groups excluding carboxylic acids is 1. The first kappa shape index (κ1) is 16.6. The molecule has 0 aliphatic carbocycles. The smallest absolute Gasteiger partial charge is 0.262 e. The van der Waals surface area contributed by atoms with E-state index in [2.05, 4.69) is 27.8 Å². The number of hydrogen-bond donors (Lipinski definition) is 1. The molecule has 3 rings (SSSR count). The van der Waals surface area contributed by atoms with Gasteiger partial charge in [-0.15, -0.1) is 5.10 Å². The molecule has 0 bridgehead atoms. The number of rotatable bonds is 6. The lowest BCUT2D eigenvalue weighted by molar-refractivity contribution is -0.118. The lowest BCUT2D eigenvalue weighted by Gasteiger charge is -2.10. The Kier molecular flexibility index (Phi) is 5.03. The fraction of sp³-hybridized carbons (Fsp3) is 0.222. The largest absolute Gasteiger partial charge is 0.484 e. The van der Waals surface area contributed by atoms with Gasteiger partial charge in [-0.3, -0.25) is 4.79 Å². The zero-order chi connectivity index (χ0) is 17.6.